The molecule has 0 radical (unpaired) electrons. The summed E-state index contributed by atoms with van der Waals surface area (Å²) in [7, 11) is 1.36. The van der Waals surface area contributed by atoms with Gasteiger partial charge in [0, 0.05) is 12.8 Å². The van der Waals surface area contributed by atoms with E-state index in [4.69, 9.17) is 18.9 Å². The van der Waals surface area contributed by atoms with Crippen LogP contribution in [0.1, 0.15) is 30.4 Å². The van der Waals surface area contributed by atoms with E-state index in [1.54, 1.807) is 0 Å². The molecule has 0 aromatic heterocycles. The van der Waals surface area contributed by atoms with Crippen molar-refractivity contribution in [2.45, 2.75) is 56.9 Å². The van der Waals surface area contributed by atoms with Gasteiger partial charge < -0.3 is 24.1 Å². The van der Waals surface area contributed by atoms with Crippen LogP contribution in [0.2, 0.25) is 0 Å². The van der Waals surface area contributed by atoms with Crippen LogP contribution in [0.25, 0.3) is 0 Å². The second kappa shape index (κ2) is 11.8. The van der Waals surface area contributed by atoms with Crippen LogP contribution < -0.4 is 0 Å². The van der Waals surface area contributed by atoms with Crippen molar-refractivity contribution in [3.63, 3.8) is 0 Å². The van der Waals surface area contributed by atoms with Crippen molar-refractivity contribution in [3.05, 3.63) is 71.8 Å². The van der Waals surface area contributed by atoms with Gasteiger partial charge in [-0.25, -0.2) is 0 Å². The highest BCUT2D eigenvalue weighted by molar-refractivity contribution is 5.69. The number of aliphatic hydroxyl groups is 1. The lowest BCUT2D eigenvalue weighted by molar-refractivity contribution is -0.204. The molecule has 1 fully saturated rings. The molecule has 0 aliphatic carbocycles. The van der Waals surface area contributed by atoms with Gasteiger partial charge in [-0.05, 0) is 17.5 Å². The molecular formula is C24H30O6. The Hall–Kier alpha value is -2.25. The lowest BCUT2D eigenvalue weighted by Crippen LogP contribution is -2.50. The number of esters is 1. The van der Waals surface area contributed by atoms with Gasteiger partial charge in [0.1, 0.15) is 6.10 Å². The zero-order chi connectivity index (χ0) is 21.2. The Bertz CT molecular complexity index is 751. The fourth-order valence-electron chi connectivity index (χ4n) is 3.53. The van der Waals surface area contributed by atoms with E-state index in [9.17, 15) is 9.90 Å². The Balaban J connectivity index is 1.58. The number of ether oxygens (including phenoxy) is 4. The highest BCUT2D eigenvalue weighted by Gasteiger charge is 2.38. The van der Waals surface area contributed by atoms with Crippen molar-refractivity contribution in [2.24, 2.45) is 0 Å². The highest BCUT2D eigenvalue weighted by atomic mass is 16.6. The van der Waals surface area contributed by atoms with E-state index in [0.717, 1.165) is 11.1 Å². The van der Waals surface area contributed by atoms with E-state index in [1.165, 1.54) is 7.11 Å². The normalized spacial score (nSPS) is 23.8. The van der Waals surface area contributed by atoms with Gasteiger partial charge in [0.05, 0.1) is 45.2 Å². The van der Waals surface area contributed by atoms with Crippen LogP contribution in [0.3, 0.4) is 0 Å². The monoisotopic (exact) mass is 414 g/mol. The lowest BCUT2D eigenvalue weighted by Gasteiger charge is -2.39. The second-order valence-corrected chi connectivity index (χ2v) is 7.47. The zero-order valence-corrected chi connectivity index (χ0v) is 17.3. The zero-order valence-electron chi connectivity index (χ0n) is 17.3. The predicted molar refractivity (Wildman–Crippen MR) is 112 cm³/mol. The minimum Gasteiger partial charge on any atom is -0.469 e. The Morgan fingerprint density at radius 1 is 1.00 bits per heavy atom. The molecule has 0 saturated carbocycles. The van der Waals surface area contributed by atoms with Gasteiger partial charge in [0.15, 0.2) is 0 Å². The quantitative estimate of drug-likeness (QED) is 0.602. The number of hydrogen-bond acceptors (Lipinski definition) is 6. The molecule has 1 saturated heterocycles. The Morgan fingerprint density at radius 2 is 1.63 bits per heavy atom. The highest BCUT2D eigenvalue weighted by Crippen LogP contribution is 2.27. The SMILES string of the molecule is COC(=O)CC[C@H]1O[C@@H](COCc2ccccc2)[C@H](OCc2ccccc2)C[C@@H]1O. The van der Waals surface area contributed by atoms with E-state index in [-0.39, 0.29) is 24.6 Å². The Morgan fingerprint density at radius 3 is 2.27 bits per heavy atom. The van der Waals surface area contributed by atoms with Crippen LogP contribution in [0.15, 0.2) is 60.7 Å². The van der Waals surface area contributed by atoms with E-state index < -0.39 is 12.2 Å². The van der Waals surface area contributed by atoms with Crippen molar-refractivity contribution < 1.29 is 28.8 Å². The molecule has 6 nitrogen and oxygen atoms in total. The summed E-state index contributed by atoms with van der Waals surface area (Å²) < 4.78 is 22.8. The topological polar surface area (TPSA) is 74.2 Å². The van der Waals surface area contributed by atoms with Crippen molar-refractivity contribution in [2.75, 3.05) is 13.7 Å². The van der Waals surface area contributed by atoms with Gasteiger partial charge in [-0.3, -0.25) is 4.79 Å². The molecule has 0 unspecified atom stereocenters. The molecule has 30 heavy (non-hydrogen) atoms. The molecule has 0 bridgehead atoms. The first-order valence-corrected chi connectivity index (χ1v) is 10.3. The first-order chi connectivity index (χ1) is 14.7. The molecule has 162 valence electrons. The molecule has 2 aromatic rings. The molecule has 1 aliphatic heterocycles. The molecule has 3 rings (SSSR count). The summed E-state index contributed by atoms with van der Waals surface area (Å²) in [6.45, 7) is 1.25. The third kappa shape index (κ3) is 6.92. The van der Waals surface area contributed by atoms with Gasteiger partial charge in [-0.1, -0.05) is 60.7 Å². The van der Waals surface area contributed by atoms with Crippen LogP contribution in [0, 0.1) is 0 Å². The van der Waals surface area contributed by atoms with E-state index >= 15 is 0 Å². The minimum absolute atomic E-state index is 0.200. The third-order valence-corrected chi connectivity index (χ3v) is 5.23. The first-order valence-electron chi connectivity index (χ1n) is 10.3. The van der Waals surface area contributed by atoms with Crippen molar-refractivity contribution in [3.8, 4) is 0 Å². The summed E-state index contributed by atoms with van der Waals surface area (Å²) in [5.41, 5.74) is 2.14. The van der Waals surface area contributed by atoms with E-state index in [0.29, 0.717) is 32.7 Å². The van der Waals surface area contributed by atoms with E-state index in [2.05, 4.69) is 0 Å². The van der Waals surface area contributed by atoms with Crippen LogP contribution in [-0.2, 0) is 37.0 Å². The van der Waals surface area contributed by atoms with Crippen LogP contribution in [0.5, 0.6) is 0 Å². The molecule has 0 spiro atoms. The van der Waals surface area contributed by atoms with Crippen molar-refractivity contribution >= 4 is 5.97 Å². The summed E-state index contributed by atoms with van der Waals surface area (Å²) in [6, 6.07) is 19.8. The van der Waals surface area contributed by atoms with Gasteiger partial charge in [0.25, 0.3) is 0 Å². The third-order valence-electron chi connectivity index (χ3n) is 5.23. The lowest BCUT2D eigenvalue weighted by atomic mass is 9.95. The Kier molecular flexibility index (Phi) is 8.83. The molecule has 1 N–H and O–H groups in total. The molecule has 0 amide bonds. The van der Waals surface area contributed by atoms with Gasteiger partial charge in [-0.2, -0.15) is 0 Å². The molecular weight excluding hydrogens is 384 g/mol. The van der Waals surface area contributed by atoms with Gasteiger partial charge >= 0.3 is 5.97 Å². The molecule has 2 aromatic carbocycles. The summed E-state index contributed by atoms with van der Waals surface area (Å²) in [4.78, 5) is 11.5. The summed E-state index contributed by atoms with van der Waals surface area (Å²) in [6.07, 6.45) is -0.765. The molecule has 6 heteroatoms. The summed E-state index contributed by atoms with van der Waals surface area (Å²) in [5, 5.41) is 10.5. The predicted octanol–water partition coefficient (Wildman–Crippen LogP) is 3.26. The fraction of sp³-hybridized carbons (Fsp3) is 0.458. The molecule has 4 atom stereocenters. The number of rotatable bonds is 10. The summed E-state index contributed by atoms with van der Waals surface area (Å²) in [5.74, 6) is -0.315. The fourth-order valence-corrected chi connectivity index (χ4v) is 3.53. The number of benzene rings is 2. The van der Waals surface area contributed by atoms with E-state index in [1.807, 2.05) is 60.7 Å². The van der Waals surface area contributed by atoms with Crippen LogP contribution >= 0.6 is 0 Å². The maximum atomic E-state index is 11.5. The Labute approximate surface area is 177 Å². The molecule has 1 aliphatic rings. The average Bonchev–Trinajstić information content (AvgIpc) is 2.79. The maximum Gasteiger partial charge on any atom is 0.305 e. The second-order valence-electron chi connectivity index (χ2n) is 7.47. The largest absolute Gasteiger partial charge is 0.469 e. The number of carbonyl (C=O) groups is 1. The smallest absolute Gasteiger partial charge is 0.305 e. The average molecular weight is 414 g/mol. The van der Waals surface area contributed by atoms with Gasteiger partial charge in [0.2, 0.25) is 0 Å². The summed E-state index contributed by atoms with van der Waals surface area (Å²) >= 11 is 0. The van der Waals surface area contributed by atoms with Gasteiger partial charge in [-0.15, -0.1) is 0 Å². The first kappa shape index (κ1) is 22.4. The maximum absolute atomic E-state index is 11.5. The van der Waals surface area contributed by atoms with Crippen LogP contribution in [-0.4, -0.2) is 49.2 Å². The number of methoxy groups -OCH3 is 1. The minimum atomic E-state index is -0.708. The number of carbonyl (C=O) groups excluding carboxylic acids is 1. The number of hydrogen-bond donors (Lipinski definition) is 1. The standard InChI is InChI=1S/C24H30O6/c1-27-24(26)13-12-21-20(25)14-22(29-16-19-10-6-3-7-11-19)23(30-21)17-28-15-18-8-4-2-5-9-18/h2-11,20-23,25H,12-17H2,1H3/t20-,21+,22+,23-/m0/s1. The molecule has 1 heterocycles. The number of aliphatic hydroxyl groups excluding tert-OH is 1. The van der Waals surface area contributed by atoms with Crippen molar-refractivity contribution in [1.82, 2.24) is 0 Å². The van der Waals surface area contributed by atoms with Crippen molar-refractivity contribution in [1.29, 1.82) is 0 Å². The van der Waals surface area contributed by atoms with Crippen LogP contribution in [0.4, 0.5) is 0 Å².